The van der Waals surface area contributed by atoms with Crippen molar-refractivity contribution < 1.29 is 4.48 Å². The maximum absolute atomic E-state index is 2.82. The zero-order valence-electron chi connectivity index (χ0n) is 12.4. The van der Waals surface area contributed by atoms with Crippen molar-refractivity contribution in [3.8, 4) is 0 Å². The first-order valence-electron chi connectivity index (χ1n) is 8.42. The summed E-state index contributed by atoms with van der Waals surface area (Å²) in [5, 5.41) is 0. The fourth-order valence-corrected chi connectivity index (χ4v) is 5.13. The van der Waals surface area contributed by atoms with E-state index in [1.54, 1.807) is 0 Å². The molecule has 0 amide bonds. The van der Waals surface area contributed by atoms with Gasteiger partial charge in [0, 0.05) is 32.7 Å². The quantitative estimate of drug-likeness (QED) is 0.545. The molecule has 0 aromatic heterocycles. The molecule has 0 aromatic carbocycles. The minimum atomic E-state index is 0.756. The Bertz CT molecular complexity index is 341. The van der Waals surface area contributed by atoms with Crippen molar-refractivity contribution in [1.82, 2.24) is 14.7 Å². The normalized spacial score (nSPS) is 42.8. The van der Waals surface area contributed by atoms with Crippen LogP contribution in [-0.4, -0.2) is 90.4 Å². The minimum absolute atomic E-state index is 0.756. The van der Waals surface area contributed by atoms with Crippen LogP contribution < -0.4 is 0 Å². The Morgan fingerprint density at radius 1 is 0.842 bits per heavy atom. The Kier molecular flexibility index (Phi) is 3.10. The number of nitrogens with zero attached hydrogens (tertiary/aromatic N) is 4. The first-order valence-corrected chi connectivity index (χ1v) is 8.42. The molecule has 0 radical (unpaired) electrons. The number of hydrogen-bond acceptors (Lipinski definition) is 3. The van der Waals surface area contributed by atoms with Crippen molar-refractivity contribution in [3.63, 3.8) is 0 Å². The Morgan fingerprint density at radius 3 is 2.21 bits per heavy atom. The second kappa shape index (κ2) is 4.69. The third kappa shape index (κ3) is 1.80. The number of quaternary nitrogens is 1. The summed E-state index contributed by atoms with van der Waals surface area (Å²) in [4.78, 5) is 8.38. The van der Waals surface area contributed by atoms with Gasteiger partial charge in [0.1, 0.15) is 6.17 Å². The van der Waals surface area contributed by atoms with Crippen LogP contribution in [0.3, 0.4) is 0 Å². The van der Waals surface area contributed by atoms with Gasteiger partial charge in [-0.15, -0.1) is 0 Å². The molecule has 4 rings (SSSR count). The van der Waals surface area contributed by atoms with Gasteiger partial charge >= 0.3 is 0 Å². The number of hydrogen-bond donors (Lipinski definition) is 0. The highest BCUT2D eigenvalue weighted by Gasteiger charge is 2.59. The molecule has 3 unspecified atom stereocenters. The van der Waals surface area contributed by atoms with Crippen molar-refractivity contribution in [2.24, 2.45) is 0 Å². The van der Waals surface area contributed by atoms with Crippen molar-refractivity contribution in [2.45, 2.75) is 38.5 Å². The van der Waals surface area contributed by atoms with E-state index in [-0.39, 0.29) is 0 Å². The smallest absolute Gasteiger partial charge is 0.175 e. The largest absolute Gasteiger partial charge is 0.304 e. The van der Waals surface area contributed by atoms with Crippen LogP contribution in [0.5, 0.6) is 0 Å². The molecule has 4 saturated heterocycles. The molecule has 4 fully saturated rings. The molecule has 19 heavy (non-hydrogen) atoms. The summed E-state index contributed by atoms with van der Waals surface area (Å²) in [6.45, 7) is 14.6. The monoisotopic (exact) mass is 265 g/mol. The summed E-state index contributed by atoms with van der Waals surface area (Å²) in [6, 6.07) is 0. The molecule has 3 atom stereocenters. The summed E-state index contributed by atoms with van der Waals surface area (Å²) in [7, 11) is 0. The van der Waals surface area contributed by atoms with Crippen molar-refractivity contribution >= 4 is 0 Å². The van der Waals surface area contributed by atoms with E-state index in [9.17, 15) is 0 Å². The summed E-state index contributed by atoms with van der Waals surface area (Å²) >= 11 is 0. The molecule has 4 heteroatoms. The zero-order valence-corrected chi connectivity index (χ0v) is 12.4. The van der Waals surface area contributed by atoms with Gasteiger partial charge in [-0.25, -0.2) is 4.90 Å². The summed E-state index contributed by atoms with van der Waals surface area (Å²) in [5.74, 6) is 0. The standard InChI is InChI=1S/C15H29N4/c1-2-3-4-11-19-12-9-17-6-5-16-7-8-18(10-13-19)15(19)14(16)17/h14-15H,2-13H2,1H3/q+1. The van der Waals surface area contributed by atoms with Crippen LogP contribution in [0.15, 0.2) is 0 Å². The molecule has 4 aliphatic rings. The van der Waals surface area contributed by atoms with E-state index in [0.29, 0.717) is 0 Å². The summed E-state index contributed by atoms with van der Waals surface area (Å²) < 4.78 is 1.43. The Balaban J connectivity index is 1.58. The van der Waals surface area contributed by atoms with Gasteiger partial charge in [0.15, 0.2) is 6.17 Å². The lowest BCUT2D eigenvalue weighted by Crippen LogP contribution is -2.73. The molecule has 0 bridgehead atoms. The fourth-order valence-electron chi connectivity index (χ4n) is 5.13. The highest BCUT2D eigenvalue weighted by Crippen LogP contribution is 2.39. The lowest BCUT2D eigenvalue weighted by molar-refractivity contribution is -0.954. The van der Waals surface area contributed by atoms with E-state index >= 15 is 0 Å². The molecule has 108 valence electrons. The highest BCUT2D eigenvalue weighted by molar-refractivity contribution is 4.97. The maximum atomic E-state index is 2.82. The third-order valence-electron chi connectivity index (χ3n) is 6.17. The molecule has 0 aromatic rings. The van der Waals surface area contributed by atoms with E-state index < -0.39 is 0 Å². The molecule has 0 N–H and O–H groups in total. The predicted octanol–water partition coefficient (Wildman–Crippen LogP) is 0.606. The van der Waals surface area contributed by atoms with E-state index in [0.717, 1.165) is 12.3 Å². The molecular weight excluding hydrogens is 236 g/mol. The average molecular weight is 265 g/mol. The second-order valence-corrected chi connectivity index (χ2v) is 7.03. The Hall–Kier alpha value is -0.160. The third-order valence-corrected chi connectivity index (χ3v) is 6.17. The average Bonchev–Trinajstić information content (AvgIpc) is 2.99. The Morgan fingerprint density at radius 2 is 1.47 bits per heavy atom. The number of rotatable bonds is 4. The molecule has 4 nitrogen and oxygen atoms in total. The predicted molar refractivity (Wildman–Crippen MR) is 76.7 cm³/mol. The summed E-state index contributed by atoms with van der Waals surface area (Å²) in [6.07, 6.45) is 5.78. The van der Waals surface area contributed by atoms with Crippen LogP contribution >= 0.6 is 0 Å². The van der Waals surface area contributed by atoms with Crippen molar-refractivity contribution in [2.75, 3.05) is 58.9 Å². The van der Waals surface area contributed by atoms with Crippen molar-refractivity contribution in [3.05, 3.63) is 0 Å². The van der Waals surface area contributed by atoms with Gasteiger partial charge < -0.3 is 4.48 Å². The molecular formula is C15H29N4+. The van der Waals surface area contributed by atoms with Crippen molar-refractivity contribution in [1.29, 1.82) is 0 Å². The van der Waals surface area contributed by atoms with E-state index in [1.807, 2.05) is 0 Å². The fraction of sp³-hybridized carbons (Fsp3) is 1.00. The molecule has 0 spiro atoms. The van der Waals surface area contributed by atoms with Crippen LogP contribution in [0.25, 0.3) is 0 Å². The summed E-state index contributed by atoms with van der Waals surface area (Å²) in [5.41, 5.74) is 0. The van der Waals surface area contributed by atoms with Gasteiger partial charge in [-0.2, -0.15) is 0 Å². The van der Waals surface area contributed by atoms with E-state index in [4.69, 9.17) is 0 Å². The van der Waals surface area contributed by atoms with Gasteiger partial charge in [0.2, 0.25) is 0 Å². The SMILES string of the molecule is CCCCC[N+]12CCN3CCN4CCN(CC1)C2C43. The van der Waals surface area contributed by atoms with E-state index in [2.05, 4.69) is 21.6 Å². The van der Waals surface area contributed by atoms with Crippen LogP contribution in [0.4, 0.5) is 0 Å². The van der Waals surface area contributed by atoms with Crippen LogP contribution in [-0.2, 0) is 0 Å². The van der Waals surface area contributed by atoms with Gasteiger partial charge in [-0.05, 0) is 12.8 Å². The second-order valence-electron chi connectivity index (χ2n) is 7.03. The zero-order chi connectivity index (χ0) is 12.9. The maximum Gasteiger partial charge on any atom is 0.175 e. The lowest BCUT2D eigenvalue weighted by atomic mass is 10.1. The van der Waals surface area contributed by atoms with Gasteiger partial charge in [-0.3, -0.25) is 9.80 Å². The van der Waals surface area contributed by atoms with Crippen LogP contribution in [0, 0.1) is 0 Å². The number of piperazine rings is 2. The molecule has 0 aliphatic carbocycles. The van der Waals surface area contributed by atoms with Crippen LogP contribution in [0.1, 0.15) is 26.2 Å². The minimum Gasteiger partial charge on any atom is -0.304 e. The molecule has 4 aliphatic heterocycles. The Labute approximate surface area is 117 Å². The topological polar surface area (TPSA) is 9.72 Å². The number of unbranched alkanes of at least 4 members (excludes halogenated alkanes) is 2. The van der Waals surface area contributed by atoms with Crippen LogP contribution in [0.2, 0.25) is 0 Å². The van der Waals surface area contributed by atoms with Gasteiger partial charge in [-0.1, -0.05) is 13.3 Å². The molecule has 0 saturated carbocycles. The highest BCUT2D eigenvalue weighted by atomic mass is 15.6. The first kappa shape index (κ1) is 12.6. The molecule has 4 heterocycles. The lowest BCUT2D eigenvalue weighted by Gasteiger charge is -2.54. The first-order chi connectivity index (χ1) is 9.34. The van der Waals surface area contributed by atoms with Gasteiger partial charge in [0.05, 0.1) is 26.2 Å². The van der Waals surface area contributed by atoms with Gasteiger partial charge in [0.25, 0.3) is 0 Å². The van der Waals surface area contributed by atoms with E-state index in [1.165, 1.54) is 82.6 Å².